The Hall–Kier alpha value is -2.09. The second-order valence-electron chi connectivity index (χ2n) is 4.84. The van der Waals surface area contributed by atoms with Gasteiger partial charge in [0.1, 0.15) is 5.82 Å². The minimum Gasteiger partial charge on any atom is -0.411 e. The van der Waals surface area contributed by atoms with Crippen molar-refractivity contribution in [1.82, 2.24) is 10.2 Å². The Morgan fingerprint density at radius 3 is 2.60 bits per heavy atom. The van der Waals surface area contributed by atoms with Crippen molar-refractivity contribution in [3.8, 4) is 11.5 Å². The van der Waals surface area contributed by atoms with Gasteiger partial charge in [-0.25, -0.2) is 4.39 Å². The van der Waals surface area contributed by atoms with Crippen LogP contribution in [0.4, 0.5) is 10.1 Å². The predicted octanol–water partition coefficient (Wildman–Crippen LogP) is 4.91. The number of halogens is 3. The minimum atomic E-state index is -0.564. The Labute approximate surface area is 156 Å². The molecule has 3 aromatic rings. The van der Waals surface area contributed by atoms with Crippen LogP contribution in [0.2, 0.25) is 10.0 Å². The van der Waals surface area contributed by atoms with Crippen molar-refractivity contribution in [2.45, 2.75) is 5.22 Å². The van der Waals surface area contributed by atoms with Gasteiger partial charge in [0.15, 0.2) is 0 Å². The minimum absolute atomic E-state index is 0.0190. The van der Waals surface area contributed by atoms with Crippen molar-refractivity contribution >= 4 is 46.6 Å². The summed E-state index contributed by atoms with van der Waals surface area (Å²) in [5.41, 5.74) is 0.736. The highest BCUT2D eigenvalue weighted by atomic mass is 35.5. The van der Waals surface area contributed by atoms with E-state index >= 15 is 0 Å². The summed E-state index contributed by atoms with van der Waals surface area (Å²) < 4.78 is 19.1. The van der Waals surface area contributed by atoms with E-state index in [2.05, 4.69) is 15.5 Å². The topological polar surface area (TPSA) is 68.0 Å². The van der Waals surface area contributed by atoms with E-state index in [1.807, 2.05) is 0 Å². The molecule has 1 heterocycles. The molecule has 0 atom stereocenters. The Morgan fingerprint density at radius 1 is 1.12 bits per heavy atom. The fraction of sp³-hybridized carbons (Fsp3) is 0.0625. The van der Waals surface area contributed by atoms with Gasteiger partial charge in [0.25, 0.3) is 5.22 Å². The molecule has 0 unspecified atom stereocenters. The molecular formula is C16H10Cl2FN3O2S. The predicted molar refractivity (Wildman–Crippen MR) is 95.5 cm³/mol. The van der Waals surface area contributed by atoms with Crippen LogP contribution in [0, 0.1) is 5.82 Å². The summed E-state index contributed by atoms with van der Waals surface area (Å²) >= 11 is 12.6. The van der Waals surface area contributed by atoms with E-state index in [1.165, 1.54) is 18.2 Å². The fourth-order valence-corrected chi connectivity index (χ4v) is 2.75. The van der Waals surface area contributed by atoms with E-state index in [9.17, 15) is 9.18 Å². The molecule has 0 fully saturated rings. The average molecular weight is 398 g/mol. The zero-order valence-electron chi connectivity index (χ0n) is 12.5. The van der Waals surface area contributed by atoms with Crippen molar-refractivity contribution in [1.29, 1.82) is 0 Å². The van der Waals surface area contributed by atoms with Gasteiger partial charge in [0.2, 0.25) is 11.8 Å². The van der Waals surface area contributed by atoms with Crippen molar-refractivity contribution in [3.05, 3.63) is 58.3 Å². The highest BCUT2D eigenvalue weighted by Gasteiger charge is 2.13. The van der Waals surface area contributed by atoms with Crippen molar-refractivity contribution < 1.29 is 13.6 Å². The molecule has 25 heavy (non-hydrogen) atoms. The summed E-state index contributed by atoms with van der Waals surface area (Å²) in [5, 5.41) is 11.4. The largest absolute Gasteiger partial charge is 0.411 e. The first-order valence-electron chi connectivity index (χ1n) is 6.98. The normalized spacial score (nSPS) is 10.7. The Kier molecular flexibility index (Phi) is 5.57. The molecule has 128 valence electrons. The van der Waals surface area contributed by atoms with Crippen LogP contribution in [0.15, 0.2) is 52.1 Å². The number of anilines is 1. The molecule has 0 radical (unpaired) electrons. The Bertz CT molecular complexity index is 903. The number of aromatic nitrogens is 2. The van der Waals surface area contributed by atoms with Crippen molar-refractivity contribution in [2.24, 2.45) is 0 Å². The monoisotopic (exact) mass is 397 g/mol. The van der Waals surface area contributed by atoms with E-state index in [0.717, 1.165) is 11.8 Å². The molecule has 0 spiro atoms. The number of hydrogen-bond acceptors (Lipinski definition) is 5. The molecule has 1 aromatic heterocycles. The fourth-order valence-electron chi connectivity index (χ4n) is 1.88. The van der Waals surface area contributed by atoms with Crippen LogP contribution in [0.3, 0.4) is 0 Å². The number of rotatable bonds is 5. The first kappa shape index (κ1) is 17.7. The third-order valence-corrected chi connectivity index (χ3v) is 4.33. The molecule has 5 nitrogen and oxygen atoms in total. The molecule has 0 bridgehead atoms. The summed E-state index contributed by atoms with van der Waals surface area (Å²) in [5.74, 6) is -0.683. The van der Waals surface area contributed by atoms with Crippen molar-refractivity contribution in [3.63, 3.8) is 0 Å². The smallest absolute Gasteiger partial charge is 0.277 e. The molecular weight excluding hydrogens is 388 g/mol. The van der Waals surface area contributed by atoms with Gasteiger partial charge in [0, 0.05) is 15.6 Å². The SMILES string of the molecule is O=C(CSc1nnc(-c2ccc(Cl)cc2)o1)Nc1cc(Cl)ccc1F. The maximum atomic E-state index is 13.6. The number of nitrogens with zero attached hydrogens (tertiary/aromatic N) is 2. The Balaban J connectivity index is 1.59. The van der Waals surface area contributed by atoms with Crippen LogP contribution in [0.1, 0.15) is 0 Å². The lowest BCUT2D eigenvalue weighted by molar-refractivity contribution is -0.113. The van der Waals surface area contributed by atoms with Crippen LogP contribution in [0.25, 0.3) is 11.5 Å². The second kappa shape index (κ2) is 7.86. The molecule has 1 N–H and O–H groups in total. The number of carbonyl (C=O) groups is 1. The van der Waals surface area contributed by atoms with Gasteiger partial charge in [-0.05, 0) is 42.5 Å². The molecule has 9 heteroatoms. The van der Waals surface area contributed by atoms with Crippen molar-refractivity contribution in [2.75, 3.05) is 11.1 Å². The molecule has 0 saturated heterocycles. The standard InChI is InChI=1S/C16H10Cl2FN3O2S/c17-10-3-1-9(2-4-10)15-21-22-16(24-15)25-8-14(23)20-13-7-11(18)5-6-12(13)19/h1-7H,8H2,(H,20,23). The van der Waals surface area contributed by atoms with Gasteiger partial charge in [-0.1, -0.05) is 35.0 Å². The van der Waals surface area contributed by atoms with Gasteiger partial charge >= 0.3 is 0 Å². The number of carbonyl (C=O) groups excluding carboxylic acids is 1. The van der Waals surface area contributed by atoms with Gasteiger partial charge in [-0.2, -0.15) is 0 Å². The van der Waals surface area contributed by atoms with Crippen LogP contribution in [-0.4, -0.2) is 21.9 Å². The van der Waals surface area contributed by atoms with E-state index in [4.69, 9.17) is 27.6 Å². The number of amides is 1. The Morgan fingerprint density at radius 2 is 1.84 bits per heavy atom. The van der Waals surface area contributed by atoms with Crippen LogP contribution in [0.5, 0.6) is 0 Å². The maximum Gasteiger partial charge on any atom is 0.277 e. The first-order chi connectivity index (χ1) is 12.0. The molecule has 0 aliphatic carbocycles. The summed E-state index contributed by atoms with van der Waals surface area (Å²) in [7, 11) is 0. The van der Waals surface area contributed by atoms with E-state index < -0.39 is 11.7 Å². The first-order valence-corrected chi connectivity index (χ1v) is 8.72. The molecule has 0 aliphatic rings. The summed E-state index contributed by atoms with van der Waals surface area (Å²) in [6.45, 7) is 0. The molecule has 2 aromatic carbocycles. The van der Waals surface area contributed by atoms with Crippen LogP contribution >= 0.6 is 35.0 Å². The van der Waals surface area contributed by atoms with E-state index in [-0.39, 0.29) is 16.7 Å². The average Bonchev–Trinajstić information content (AvgIpc) is 3.06. The lowest BCUT2D eigenvalue weighted by atomic mass is 10.2. The van der Waals surface area contributed by atoms with Gasteiger partial charge in [0.05, 0.1) is 11.4 Å². The number of nitrogens with one attached hydrogen (secondary N) is 1. The zero-order valence-corrected chi connectivity index (χ0v) is 14.8. The zero-order chi connectivity index (χ0) is 17.8. The second-order valence-corrected chi connectivity index (χ2v) is 6.64. The van der Waals surface area contributed by atoms with E-state index in [1.54, 1.807) is 24.3 Å². The lowest BCUT2D eigenvalue weighted by Gasteiger charge is -2.05. The summed E-state index contributed by atoms with van der Waals surface area (Å²) in [6, 6.07) is 10.8. The molecule has 3 rings (SSSR count). The van der Waals surface area contributed by atoms with Gasteiger partial charge < -0.3 is 9.73 Å². The molecule has 0 saturated carbocycles. The van der Waals surface area contributed by atoms with Gasteiger partial charge in [-0.15, -0.1) is 10.2 Å². The maximum absolute atomic E-state index is 13.6. The lowest BCUT2D eigenvalue weighted by Crippen LogP contribution is -2.15. The summed E-state index contributed by atoms with van der Waals surface area (Å²) in [6.07, 6.45) is 0. The van der Waals surface area contributed by atoms with Crippen LogP contribution in [-0.2, 0) is 4.79 Å². The quantitative estimate of drug-likeness (QED) is 0.619. The highest BCUT2D eigenvalue weighted by molar-refractivity contribution is 7.99. The van der Waals surface area contributed by atoms with Gasteiger partial charge in [-0.3, -0.25) is 4.79 Å². The molecule has 1 amide bonds. The highest BCUT2D eigenvalue weighted by Crippen LogP contribution is 2.25. The van der Waals surface area contributed by atoms with E-state index in [0.29, 0.717) is 21.5 Å². The number of thioether (sulfide) groups is 1. The summed E-state index contributed by atoms with van der Waals surface area (Å²) in [4.78, 5) is 11.9. The number of hydrogen-bond donors (Lipinski definition) is 1. The van der Waals surface area contributed by atoms with Crippen LogP contribution < -0.4 is 5.32 Å². The third kappa shape index (κ3) is 4.72. The number of benzene rings is 2. The molecule has 0 aliphatic heterocycles. The third-order valence-electron chi connectivity index (χ3n) is 3.03.